The van der Waals surface area contributed by atoms with Crippen molar-refractivity contribution in [3.63, 3.8) is 0 Å². The van der Waals surface area contributed by atoms with Gasteiger partial charge in [0.15, 0.2) is 0 Å². The maximum Gasteiger partial charge on any atom is 0.326 e. The van der Waals surface area contributed by atoms with E-state index in [1.54, 1.807) is 18.2 Å². The maximum atomic E-state index is 12.6. The summed E-state index contributed by atoms with van der Waals surface area (Å²) in [5, 5.41) is 10.0. The van der Waals surface area contributed by atoms with Gasteiger partial charge < -0.3 is 9.84 Å². The summed E-state index contributed by atoms with van der Waals surface area (Å²) in [6.45, 7) is 8.73. The van der Waals surface area contributed by atoms with Crippen molar-refractivity contribution < 1.29 is 14.6 Å². The van der Waals surface area contributed by atoms with Crippen LogP contribution in [0, 0.1) is 0 Å². The lowest BCUT2D eigenvalue weighted by atomic mass is 9.76. The summed E-state index contributed by atoms with van der Waals surface area (Å²) in [7, 11) is 1.42. The third kappa shape index (κ3) is 2.79. The fraction of sp³-hybridized carbons (Fsp3) is 0.389. The fourth-order valence-corrected chi connectivity index (χ4v) is 3.31. The van der Waals surface area contributed by atoms with Crippen molar-refractivity contribution >= 4 is 5.97 Å². The molecule has 2 rings (SSSR count). The van der Waals surface area contributed by atoms with Crippen LogP contribution in [0.5, 0.6) is 5.75 Å². The number of rotatable bonds is 6. The molecule has 0 aromatic heterocycles. The minimum atomic E-state index is -0.738. The van der Waals surface area contributed by atoms with Gasteiger partial charge >= 0.3 is 5.97 Å². The van der Waals surface area contributed by atoms with E-state index < -0.39 is 5.54 Å². The Bertz CT molecular complexity index is 572. The highest BCUT2D eigenvalue weighted by molar-refractivity contribution is 5.82. The maximum absolute atomic E-state index is 12.6. The van der Waals surface area contributed by atoms with Crippen LogP contribution in [0.4, 0.5) is 0 Å². The number of phenolic OH excluding ortho intramolecular Hbond substituents is 1. The Hall–Kier alpha value is -2.07. The topological polar surface area (TPSA) is 49.8 Å². The number of carbonyl (C=O) groups excluding carboxylic acids is 1. The molecule has 4 heteroatoms. The lowest BCUT2D eigenvalue weighted by molar-refractivity contribution is -0.156. The van der Waals surface area contributed by atoms with Crippen LogP contribution in [0.15, 0.2) is 43.5 Å². The zero-order valence-electron chi connectivity index (χ0n) is 13.0. The normalized spacial score (nSPS) is 20.3. The highest BCUT2D eigenvalue weighted by atomic mass is 16.5. The van der Waals surface area contributed by atoms with Crippen LogP contribution in [0.25, 0.3) is 0 Å². The van der Waals surface area contributed by atoms with E-state index in [9.17, 15) is 9.90 Å². The van der Waals surface area contributed by atoms with Crippen molar-refractivity contribution in [1.29, 1.82) is 0 Å². The van der Waals surface area contributed by atoms with Gasteiger partial charge in [0.2, 0.25) is 0 Å². The first-order valence-corrected chi connectivity index (χ1v) is 7.44. The van der Waals surface area contributed by atoms with E-state index in [2.05, 4.69) is 13.2 Å². The van der Waals surface area contributed by atoms with Gasteiger partial charge in [-0.25, -0.2) is 0 Å². The Kier molecular flexibility index (Phi) is 5.03. The van der Waals surface area contributed by atoms with Gasteiger partial charge in [-0.1, -0.05) is 24.3 Å². The molecule has 1 aliphatic carbocycles. The summed E-state index contributed by atoms with van der Waals surface area (Å²) < 4.78 is 5.10. The number of benzene rings is 1. The van der Waals surface area contributed by atoms with Crippen molar-refractivity contribution in [1.82, 2.24) is 4.90 Å². The van der Waals surface area contributed by atoms with E-state index in [-0.39, 0.29) is 5.97 Å². The van der Waals surface area contributed by atoms with Crippen molar-refractivity contribution in [2.24, 2.45) is 0 Å². The van der Waals surface area contributed by atoms with Gasteiger partial charge in [0.25, 0.3) is 0 Å². The summed E-state index contributed by atoms with van der Waals surface area (Å²) in [4.78, 5) is 14.6. The Labute approximate surface area is 131 Å². The van der Waals surface area contributed by atoms with Gasteiger partial charge in [-0.05, 0) is 30.0 Å². The van der Waals surface area contributed by atoms with Crippen LogP contribution >= 0.6 is 0 Å². The summed E-state index contributed by atoms with van der Waals surface area (Å²) in [6, 6.07) is 5.47. The van der Waals surface area contributed by atoms with E-state index in [1.807, 2.05) is 17.0 Å². The lowest BCUT2D eigenvalue weighted by Gasteiger charge is -2.43. The molecule has 1 N–H and O–H groups in total. The number of nitrogens with zero attached hydrogens (tertiary/aromatic N) is 1. The van der Waals surface area contributed by atoms with Crippen LogP contribution in [-0.4, -0.2) is 41.7 Å². The highest BCUT2D eigenvalue weighted by Crippen LogP contribution is 2.37. The van der Waals surface area contributed by atoms with Gasteiger partial charge in [-0.15, -0.1) is 13.2 Å². The predicted octanol–water partition coefficient (Wildman–Crippen LogP) is 2.47. The number of hydrogen-bond donors (Lipinski definition) is 1. The van der Waals surface area contributed by atoms with E-state index in [0.29, 0.717) is 38.1 Å². The van der Waals surface area contributed by atoms with Crippen LogP contribution in [0.2, 0.25) is 0 Å². The summed E-state index contributed by atoms with van der Waals surface area (Å²) in [6.07, 6.45) is 5.33. The smallest absolute Gasteiger partial charge is 0.326 e. The zero-order chi connectivity index (χ0) is 16.2. The quantitative estimate of drug-likeness (QED) is 0.648. The van der Waals surface area contributed by atoms with Crippen LogP contribution < -0.4 is 0 Å². The minimum Gasteiger partial charge on any atom is -0.508 e. The number of carbonyl (C=O) groups is 1. The second-order valence-electron chi connectivity index (χ2n) is 5.60. The highest BCUT2D eigenvalue weighted by Gasteiger charge is 2.46. The van der Waals surface area contributed by atoms with Gasteiger partial charge in [-0.3, -0.25) is 9.69 Å². The summed E-state index contributed by atoms with van der Waals surface area (Å²) >= 11 is 0. The van der Waals surface area contributed by atoms with E-state index >= 15 is 0 Å². The van der Waals surface area contributed by atoms with E-state index in [1.165, 1.54) is 7.11 Å². The number of hydrogen-bond acceptors (Lipinski definition) is 4. The number of phenols is 1. The molecular weight excluding hydrogens is 278 g/mol. The first-order chi connectivity index (χ1) is 10.6. The van der Waals surface area contributed by atoms with E-state index in [0.717, 1.165) is 11.1 Å². The molecule has 1 aromatic rings. The molecule has 0 amide bonds. The second kappa shape index (κ2) is 6.79. The molecule has 0 fully saturated rings. The summed E-state index contributed by atoms with van der Waals surface area (Å²) in [5.41, 5.74) is 1.19. The number of esters is 1. The molecule has 1 aliphatic rings. The Morgan fingerprint density at radius 3 is 2.68 bits per heavy atom. The standard InChI is InChI=1S/C18H23NO3/c1-4-11-19(12-5-2)18(17(21)22-3)10-9-15-14(13-18)7-6-8-16(15)20/h4-8,20H,1-2,9-13H2,3H3. The molecule has 22 heavy (non-hydrogen) atoms. The van der Waals surface area contributed by atoms with Crippen molar-refractivity contribution in [3.05, 3.63) is 54.6 Å². The first kappa shape index (κ1) is 16.3. The SMILES string of the molecule is C=CCN(CC=C)C1(C(=O)OC)CCc2c(O)cccc2C1. The molecule has 0 spiro atoms. The average Bonchev–Trinajstić information content (AvgIpc) is 2.53. The second-order valence-corrected chi connectivity index (χ2v) is 5.60. The number of methoxy groups -OCH3 is 1. The average molecular weight is 301 g/mol. The minimum absolute atomic E-state index is 0.245. The molecule has 0 saturated carbocycles. The third-order valence-corrected chi connectivity index (χ3v) is 4.39. The molecule has 0 radical (unpaired) electrons. The van der Waals surface area contributed by atoms with Crippen LogP contribution in [0.3, 0.4) is 0 Å². The van der Waals surface area contributed by atoms with Gasteiger partial charge in [-0.2, -0.15) is 0 Å². The lowest BCUT2D eigenvalue weighted by Crippen LogP contribution is -2.58. The van der Waals surface area contributed by atoms with E-state index in [4.69, 9.17) is 4.74 Å². The molecule has 0 heterocycles. The largest absolute Gasteiger partial charge is 0.508 e. The molecule has 1 aromatic carbocycles. The Morgan fingerprint density at radius 1 is 1.41 bits per heavy atom. The first-order valence-electron chi connectivity index (χ1n) is 7.44. The number of ether oxygens (including phenoxy) is 1. The van der Waals surface area contributed by atoms with Gasteiger partial charge in [0.05, 0.1) is 7.11 Å². The van der Waals surface area contributed by atoms with Crippen LogP contribution in [-0.2, 0) is 22.4 Å². The van der Waals surface area contributed by atoms with Gasteiger partial charge in [0.1, 0.15) is 11.3 Å². The molecule has 1 atom stereocenters. The van der Waals surface area contributed by atoms with Crippen LogP contribution in [0.1, 0.15) is 17.5 Å². The molecule has 118 valence electrons. The molecule has 0 aliphatic heterocycles. The van der Waals surface area contributed by atoms with Crippen molar-refractivity contribution in [2.45, 2.75) is 24.8 Å². The van der Waals surface area contributed by atoms with Crippen molar-refractivity contribution in [3.8, 4) is 5.75 Å². The Morgan fingerprint density at radius 2 is 2.09 bits per heavy atom. The molecule has 4 nitrogen and oxygen atoms in total. The zero-order valence-corrected chi connectivity index (χ0v) is 13.0. The molecule has 0 bridgehead atoms. The predicted molar refractivity (Wildman–Crippen MR) is 86.8 cm³/mol. The molecular formula is C18H23NO3. The third-order valence-electron chi connectivity index (χ3n) is 4.39. The number of fused-ring (bicyclic) bond motifs is 1. The monoisotopic (exact) mass is 301 g/mol. The summed E-state index contributed by atoms with van der Waals surface area (Å²) in [5.74, 6) is 0.0557. The molecule has 0 saturated heterocycles. The van der Waals surface area contributed by atoms with Crippen molar-refractivity contribution in [2.75, 3.05) is 20.2 Å². The molecule has 1 unspecified atom stereocenters. The van der Waals surface area contributed by atoms with Gasteiger partial charge in [0, 0.05) is 19.5 Å². The fourth-order valence-electron chi connectivity index (χ4n) is 3.31. The Balaban J connectivity index is 2.45. The number of aromatic hydroxyl groups is 1.